The molecule has 0 aliphatic rings. The molecule has 0 saturated heterocycles. The van der Waals surface area contributed by atoms with Gasteiger partial charge in [-0.15, -0.1) is 0 Å². The van der Waals surface area contributed by atoms with E-state index in [9.17, 15) is 19.2 Å². The van der Waals surface area contributed by atoms with Crippen molar-refractivity contribution >= 4 is 23.9 Å². The first-order chi connectivity index (χ1) is 18.5. The fourth-order valence-corrected chi connectivity index (χ4v) is 3.69. The third-order valence-electron chi connectivity index (χ3n) is 5.77. The van der Waals surface area contributed by atoms with Gasteiger partial charge >= 0.3 is 23.9 Å². The monoisotopic (exact) mass is 526 g/mol. The maximum atomic E-state index is 11.7. The minimum Gasteiger partial charge on any atom is -0.428 e. The van der Waals surface area contributed by atoms with Crippen LogP contribution in [-0.2, 0) is 51.0 Å². The van der Waals surface area contributed by atoms with E-state index in [-0.39, 0.29) is 38.4 Å². The van der Waals surface area contributed by atoms with Crippen LogP contribution < -0.4 is 0 Å². The number of esters is 4. The average molecular weight is 527 g/mol. The first kappa shape index (κ1) is 30.5. The van der Waals surface area contributed by atoms with E-state index >= 15 is 0 Å². The maximum Gasteiger partial charge on any atom is 0.313 e. The maximum absolute atomic E-state index is 11.7. The van der Waals surface area contributed by atoms with Crippen LogP contribution in [0.1, 0.15) is 75.3 Å². The topological polar surface area (TPSA) is 105 Å². The molecule has 206 valence electrons. The Kier molecular flexibility index (Phi) is 15.6. The summed E-state index contributed by atoms with van der Waals surface area (Å²) in [6.07, 6.45) is 8.41. The van der Waals surface area contributed by atoms with E-state index in [1.54, 1.807) is 0 Å². The number of hydrogen-bond donors (Lipinski definition) is 0. The fourth-order valence-electron chi connectivity index (χ4n) is 3.69. The zero-order valence-corrected chi connectivity index (χ0v) is 21.9. The van der Waals surface area contributed by atoms with Crippen LogP contribution in [0.5, 0.6) is 0 Å². The summed E-state index contributed by atoms with van der Waals surface area (Å²) in [6.45, 7) is -0.700. The molecule has 0 spiro atoms. The van der Waals surface area contributed by atoms with Gasteiger partial charge in [-0.05, 0) is 24.0 Å². The van der Waals surface area contributed by atoms with Crippen molar-refractivity contribution in [1.29, 1.82) is 0 Å². The molecule has 2 aromatic carbocycles. The van der Waals surface area contributed by atoms with Gasteiger partial charge in [0.05, 0.1) is 12.8 Å². The molecule has 0 saturated carbocycles. The van der Waals surface area contributed by atoms with Crippen LogP contribution in [0.4, 0.5) is 0 Å². The van der Waals surface area contributed by atoms with E-state index in [1.807, 2.05) is 60.7 Å². The molecule has 0 N–H and O–H groups in total. The second-order valence-electron chi connectivity index (χ2n) is 8.95. The number of hydrogen-bond acceptors (Lipinski definition) is 8. The number of benzene rings is 2. The molecular weight excluding hydrogens is 488 g/mol. The standard InChI is InChI=1S/C30H38O8/c31-27(35-23-37-29(33)21-25-15-9-7-10-16-25)19-13-5-3-1-2-4-6-14-20-28(32)36-24-38-30(34)22-26-17-11-8-12-18-26/h7-12,15-18H,1-6,13-14,19-24H2. The summed E-state index contributed by atoms with van der Waals surface area (Å²) in [4.78, 5) is 46.9. The SMILES string of the molecule is O=C(CCCCCCCCCCC(=O)OCOC(=O)Cc1ccccc1)OCOC(=O)Cc1ccccc1. The third kappa shape index (κ3) is 15.4. The molecule has 0 atom stereocenters. The largest absolute Gasteiger partial charge is 0.428 e. The molecule has 8 heteroatoms. The number of rotatable bonds is 19. The summed E-state index contributed by atoms with van der Waals surface area (Å²) in [6, 6.07) is 18.5. The van der Waals surface area contributed by atoms with Gasteiger partial charge < -0.3 is 18.9 Å². The molecule has 0 bridgehead atoms. The Morgan fingerprint density at radius 2 is 0.737 bits per heavy atom. The Balaban J connectivity index is 1.33. The van der Waals surface area contributed by atoms with E-state index in [4.69, 9.17) is 18.9 Å². The molecule has 38 heavy (non-hydrogen) atoms. The molecular formula is C30H38O8. The number of carbonyl (C=O) groups is 4. The van der Waals surface area contributed by atoms with Crippen LogP contribution in [0.25, 0.3) is 0 Å². The molecule has 8 nitrogen and oxygen atoms in total. The van der Waals surface area contributed by atoms with Gasteiger partial charge in [0.1, 0.15) is 0 Å². The van der Waals surface area contributed by atoms with Gasteiger partial charge in [0.2, 0.25) is 13.6 Å². The van der Waals surface area contributed by atoms with Crippen LogP contribution in [0, 0.1) is 0 Å². The summed E-state index contributed by atoms with van der Waals surface area (Å²) in [5.41, 5.74) is 1.70. The highest BCUT2D eigenvalue weighted by Gasteiger charge is 2.09. The van der Waals surface area contributed by atoms with Gasteiger partial charge in [-0.2, -0.15) is 0 Å². The van der Waals surface area contributed by atoms with Crippen LogP contribution in [0.3, 0.4) is 0 Å². The molecule has 0 aromatic heterocycles. The van der Waals surface area contributed by atoms with Crippen molar-refractivity contribution in [2.24, 2.45) is 0 Å². The minimum atomic E-state index is -0.430. The quantitative estimate of drug-likeness (QED) is 0.135. The van der Waals surface area contributed by atoms with E-state index in [1.165, 1.54) is 0 Å². The van der Waals surface area contributed by atoms with Gasteiger partial charge in [0, 0.05) is 12.8 Å². The van der Waals surface area contributed by atoms with Gasteiger partial charge in [-0.3, -0.25) is 19.2 Å². The average Bonchev–Trinajstić information content (AvgIpc) is 2.91. The lowest BCUT2D eigenvalue weighted by Crippen LogP contribution is -2.14. The Morgan fingerprint density at radius 3 is 1.11 bits per heavy atom. The Morgan fingerprint density at radius 1 is 0.421 bits per heavy atom. The summed E-state index contributed by atoms with van der Waals surface area (Å²) in [5.74, 6) is -1.59. The Labute approximate surface area is 224 Å². The van der Waals surface area contributed by atoms with Gasteiger partial charge in [-0.25, -0.2) is 0 Å². The third-order valence-corrected chi connectivity index (χ3v) is 5.77. The zero-order valence-electron chi connectivity index (χ0n) is 21.9. The second kappa shape index (κ2) is 19.4. The summed E-state index contributed by atoms with van der Waals surface area (Å²) < 4.78 is 19.8. The molecule has 0 heterocycles. The fraction of sp³-hybridized carbons (Fsp3) is 0.467. The minimum absolute atomic E-state index is 0.148. The van der Waals surface area contributed by atoms with Crippen molar-refractivity contribution in [2.75, 3.05) is 13.6 Å². The normalized spacial score (nSPS) is 10.4. The molecule has 0 aliphatic heterocycles. The molecule has 2 rings (SSSR count). The molecule has 0 amide bonds. The van der Waals surface area contributed by atoms with Crippen LogP contribution in [-0.4, -0.2) is 37.5 Å². The lowest BCUT2D eigenvalue weighted by atomic mass is 10.1. The molecule has 0 radical (unpaired) electrons. The highest BCUT2D eigenvalue weighted by Crippen LogP contribution is 2.11. The molecule has 0 fully saturated rings. The van der Waals surface area contributed by atoms with Crippen LogP contribution in [0.2, 0.25) is 0 Å². The zero-order chi connectivity index (χ0) is 27.3. The smallest absolute Gasteiger partial charge is 0.313 e. The summed E-state index contributed by atoms with van der Waals surface area (Å²) in [7, 11) is 0. The van der Waals surface area contributed by atoms with Crippen molar-refractivity contribution in [1.82, 2.24) is 0 Å². The van der Waals surface area contributed by atoms with E-state index in [0.29, 0.717) is 12.8 Å². The van der Waals surface area contributed by atoms with E-state index in [0.717, 1.165) is 62.5 Å². The number of carbonyl (C=O) groups excluding carboxylic acids is 4. The summed E-state index contributed by atoms with van der Waals surface area (Å²) >= 11 is 0. The molecule has 0 unspecified atom stereocenters. The number of ether oxygens (including phenoxy) is 4. The van der Waals surface area contributed by atoms with Crippen molar-refractivity contribution < 1.29 is 38.1 Å². The second-order valence-corrected chi connectivity index (χ2v) is 8.95. The lowest BCUT2D eigenvalue weighted by Gasteiger charge is -2.07. The van der Waals surface area contributed by atoms with Crippen molar-refractivity contribution in [2.45, 2.75) is 77.0 Å². The predicted molar refractivity (Wildman–Crippen MR) is 141 cm³/mol. The predicted octanol–water partition coefficient (Wildman–Crippen LogP) is 5.46. The highest BCUT2D eigenvalue weighted by atomic mass is 16.7. The van der Waals surface area contributed by atoms with E-state index < -0.39 is 11.9 Å². The summed E-state index contributed by atoms with van der Waals surface area (Å²) in [5, 5.41) is 0. The van der Waals surface area contributed by atoms with Gasteiger partial charge in [-0.1, -0.05) is 99.2 Å². The van der Waals surface area contributed by atoms with Crippen molar-refractivity contribution in [3.05, 3.63) is 71.8 Å². The van der Waals surface area contributed by atoms with E-state index in [2.05, 4.69) is 0 Å². The van der Waals surface area contributed by atoms with Crippen LogP contribution in [0.15, 0.2) is 60.7 Å². The number of unbranched alkanes of at least 4 members (excludes halogenated alkanes) is 7. The Hall–Kier alpha value is -3.68. The van der Waals surface area contributed by atoms with Gasteiger partial charge in [0.25, 0.3) is 0 Å². The lowest BCUT2D eigenvalue weighted by molar-refractivity contribution is -0.168. The first-order valence-corrected chi connectivity index (χ1v) is 13.2. The molecule has 2 aromatic rings. The first-order valence-electron chi connectivity index (χ1n) is 13.2. The Bertz CT molecular complexity index is 879. The highest BCUT2D eigenvalue weighted by molar-refractivity contribution is 5.73. The van der Waals surface area contributed by atoms with Crippen molar-refractivity contribution in [3.8, 4) is 0 Å². The van der Waals surface area contributed by atoms with Gasteiger partial charge in [0.15, 0.2) is 0 Å². The van der Waals surface area contributed by atoms with Crippen molar-refractivity contribution in [3.63, 3.8) is 0 Å². The molecule has 0 aliphatic carbocycles. The van der Waals surface area contributed by atoms with Crippen LogP contribution >= 0.6 is 0 Å².